The molecule has 0 saturated heterocycles. The Balaban J connectivity index is 2.73. The largest absolute Gasteiger partial charge is 0.487 e. The Bertz CT molecular complexity index is 447. The van der Waals surface area contributed by atoms with Gasteiger partial charge in [0.25, 0.3) is 0 Å². The SMILES string of the molecule is CC/C=C\COc1c(Br)cc(CCC(=O)O)cc1Br. The van der Waals surface area contributed by atoms with Crippen LogP contribution in [0.1, 0.15) is 25.3 Å². The Kier molecular flexibility index (Phi) is 7.16. The summed E-state index contributed by atoms with van der Waals surface area (Å²) in [6, 6.07) is 3.79. The predicted octanol–water partition coefficient (Wildman–Crippen LogP) is 4.57. The van der Waals surface area contributed by atoms with E-state index in [0.717, 1.165) is 26.7 Å². The quantitative estimate of drug-likeness (QED) is 0.692. The van der Waals surface area contributed by atoms with Crippen LogP contribution in [0, 0.1) is 0 Å². The highest BCUT2D eigenvalue weighted by Gasteiger charge is 2.09. The number of benzene rings is 1. The fourth-order valence-electron chi connectivity index (χ4n) is 1.51. The number of halogens is 2. The van der Waals surface area contributed by atoms with Gasteiger partial charge in [-0.2, -0.15) is 0 Å². The van der Waals surface area contributed by atoms with Crippen molar-refractivity contribution in [1.82, 2.24) is 0 Å². The molecule has 1 N–H and O–H groups in total. The highest BCUT2D eigenvalue weighted by atomic mass is 79.9. The fraction of sp³-hybridized carbons (Fsp3) is 0.357. The number of hydrogen-bond acceptors (Lipinski definition) is 2. The van der Waals surface area contributed by atoms with Crippen molar-refractivity contribution >= 4 is 37.8 Å². The van der Waals surface area contributed by atoms with Gasteiger partial charge in [0.15, 0.2) is 0 Å². The summed E-state index contributed by atoms with van der Waals surface area (Å²) >= 11 is 6.90. The minimum atomic E-state index is -0.794. The van der Waals surface area contributed by atoms with Gasteiger partial charge in [-0.25, -0.2) is 0 Å². The summed E-state index contributed by atoms with van der Waals surface area (Å²) in [5.41, 5.74) is 0.956. The number of ether oxygens (including phenoxy) is 1. The maximum Gasteiger partial charge on any atom is 0.303 e. The Morgan fingerprint density at radius 2 is 1.95 bits per heavy atom. The fourth-order valence-corrected chi connectivity index (χ4v) is 3.02. The van der Waals surface area contributed by atoms with E-state index in [1.165, 1.54) is 0 Å². The highest BCUT2D eigenvalue weighted by Crippen LogP contribution is 2.35. The predicted molar refractivity (Wildman–Crippen MR) is 82.7 cm³/mol. The summed E-state index contributed by atoms with van der Waals surface area (Å²) < 4.78 is 7.31. The maximum atomic E-state index is 10.6. The van der Waals surface area contributed by atoms with Crippen molar-refractivity contribution in [3.8, 4) is 5.75 Å². The second-order valence-electron chi connectivity index (χ2n) is 3.97. The lowest BCUT2D eigenvalue weighted by Crippen LogP contribution is -1.99. The molecule has 0 heterocycles. The van der Waals surface area contributed by atoms with Crippen LogP contribution in [0.2, 0.25) is 0 Å². The lowest BCUT2D eigenvalue weighted by Gasteiger charge is -2.10. The summed E-state index contributed by atoms with van der Waals surface area (Å²) in [6.07, 6.45) is 5.63. The summed E-state index contributed by atoms with van der Waals surface area (Å²) in [5, 5.41) is 8.68. The number of allylic oxidation sites excluding steroid dienone is 1. The molecule has 0 unspecified atom stereocenters. The zero-order valence-electron chi connectivity index (χ0n) is 10.7. The van der Waals surface area contributed by atoms with Crippen molar-refractivity contribution in [3.63, 3.8) is 0 Å². The maximum absolute atomic E-state index is 10.6. The molecule has 0 aliphatic rings. The van der Waals surface area contributed by atoms with Gasteiger partial charge in [0.2, 0.25) is 0 Å². The first-order chi connectivity index (χ1) is 9.04. The van der Waals surface area contributed by atoms with Gasteiger partial charge in [0.1, 0.15) is 12.4 Å². The molecule has 1 rings (SSSR count). The molecule has 3 nitrogen and oxygen atoms in total. The van der Waals surface area contributed by atoms with Gasteiger partial charge < -0.3 is 9.84 Å². The number of aryl methyl sites for hydroxylation is 1. The smallest absolute Gasteiger partial charge is 0.303 e. The average Bonchev–Trinajstić information content (AvgIpc) is 2.34. The van der Waals surface area contributed by atoms with Crippen LogP contribution in [0.3, 0.4) is 0 Å². The molecule has 19 heavy (non-hydrogen) atoms. The molecule has 0 radical (unpaired) electrons. The number of carboxylic acids is 1. The van der Waals surface area contributed by atoms with Gasteiger partial charge in [0.05, 0.1) is 8.95 Å². The van der Waals surface area contributed by atoms with Crippen molar-refractivity contribution in [3.05, 3.63) is 38.8 Å². The molecule has 0 aliphatic carbocycles. The van der Waals surface area contributed by atoms with E-state index in [9.17, 15) is 4.79 Å². The Morgan fingerprint density at radius 3 is 2.47 bits per heavy atom. The first-order valence-electron chi connectivity index (χ1n) is 6.02. The lowest BCUT2D eigenvalue weighted by molar-refractivity contribution is -0.136. The number of carbonyl (C=O) groups is 1. The van der Waals surface area contributed by atoms with E-state index < -0.39 is 5.97 Å². The molecule has 0 aliphatic heterocycles. The second kappa shape index (κ2) is 8.38. The van der Waals surface area contributed by atoms with Crippen LogP contribution in [-0.2, 0) is 11.2 Å². The zero-order valence-corrected chi connectivity index (χ0v) is 13.8. The minimum absolute atomic E-state index is 0.123. The molecule has 0 saturated carbocycles. The standard InChI is InChI=1S/C14H16Br2O3/c1-2-3-4-7-19-14-11(15)8-10(9-12(14)16)5-6-13(17)18/h3-4,8-9H,2,5-7H2,1H3,(H,17,18)/b4-3-. The molecular weight excluding hydrogens is 376 g/mol. The molecule has 0 bridgehead atoms. The minimum Gasteiger partial charge on any atom is -0.487 e. The first-order valence-corrected chi connectivity index (χ1v) is 7.60. The molecule has 104 valence electrons. The molecule has 0 fully saturated rings. The molecule has 5 heteroatoms. The Hall–Kier alpha value is -0.810. The number of hydrogen-bond donors (Lipinski definition) is 1. The van der Waals surface area contributed by atoms with Crippen molar-refractivity contribution in [2.75, 3.05) is 6.61 Å². The molecule has 0 atom stereocenters. The van der Waals surface area contributed by atoms with Crippen molar-refractivity contribution in [2.45, 2.75) is 26.2 Å². The van der Waals surface area contributed by atoms with Gasteiger partial charge in [-0.05, 0) is 62.4 Å². The number of aliphatic carboxylic acids is 1. The molecule has 0 amide bonds. The summed E-state index contributed by atoms with van der Waals surface area (Å²) in [5.74, 6) is -0.0582. The zero-order chi connectivity index (χ0) is 14.3. The lowest BCUT2D eigenvalue weighted by atomic mass is 10.1. The van der Waals surface area contributed by atoms with E-state index in [4.69, 9.17) is 9.84 Å². The van der Waals surface area contributed by atoms with E-state index in [1.54, 1.807) is 0 Å². The van der Waals surface area contributed by atoms with E-state index in [1.807, 2.05) is 24.3 Å². The third-order valence-corrected chi connectivity index (χ3v) is 3.59. The first kappa shape index (κ1) is 16.2. The molecule has 0 aromatic heterocycles. The van der Waals surface area contributed by atoms with Crippen molar-refractivity contribution < 1.29 is 14.6 Å². The van der Waals surface area contributed by atoms with E-state index in [-0.39, 0.29) is 6.42 Å². The normalized spacial score (nSPS) is 10.9. The van der Waals surface area contributed by atoms with Crippen LogP contribution in [-0.4, -0.2) is 17.7 Å². The van der Waals surface area contributed by atoms with Gasteiger partial charge in [-0.15, -0.1) is 0 Å². The number of carboxylic acid groups (broad SMARTS) is 1. The Labute approximate surface area is 129 Å². The van der Waals surface area contributed by atoms with Crippen LogP contribution in [0.4, 0.5) is 0 Å². The van der Waals surface area contributed by atoms with Gasteiger partial charge in [-0.3, -0.25) is 4.79 Å². The van der Waals surface area contributed by atoms with Crippen LogP contribution >= 0.6 is 31.9 Å². The van der Waals surface area contributed by atoms with Crippen LogP contribution < -0.4 is 4.74 Å². The molecule has 1 aromatic rings. The second-order valence-corrected chi connectivity index (χ2v) is 5.68. The Morgan fingerprint density at radius 1 is 1.32 bits per heavy atom. The van der Waals surface area contributed by atoms with Gasteiger partial charge in [-0.1, -0.05) is 19.1 Å². The number of rotatable bonds is 7. The average molecular weight is 392 g/mol. The van der Waals surface area contributed by atoms with E-state index in [2.05, 4.69) is 38.8 Å². The van der Waals surface area contributed by atoms with Crippen LogP contribution in [0.25, 0.3) is 0 Å². The van der Waals surface area contributed by atoms with Crippen LogP contribution in [0.5, 0.6) is 5.75 Å². The topological polar surface area (TPSA) is 46.5 Å². The summed E-state index contributed by atoms with van der Waals surface area (Å²) in [7, 11) is 0. The van der Waals surface area contributed by atoms with E-state index >= 15 is 0 Å². The third-order valence-electron chi connectivity index (χ3n) is 2.41. The molecular formula is C14H16Br2O3. The van der Waals surface area contributed by atoms with Gasteiger partial charge >= 0.3 is 5.97 Å². The van der Waals surface area contributed by atoms with Crippen LogP contribution in [0.15, 0.2) is 33.2 Å². The van der Waals surface area contributed by atoms with E-state index in [0.29, 0.717) is 13.0 Å². The highest BCUT2D eigenvalue weighted by molar-refractivity contribution is 9.11. The summed E-state index contributed by atoms with van der Waals surface area (Å²) in [6.45, 7) is 2.58. The monoisotopic (exact) mass is 390 g/mol. The third kappa shape index (κ3) is 5.78. The van der Waals surface area contributed by atoms with Gasteiger partial charge in [0, 0.05) is 6.42 Å². The molecule has 0 spiro atoms. The molecule has 1 aromatic carbocycles. The summed E-state index contributed by atoms with van der Waals surface area (Å²) in [4.78, 5) is 10.6. The van der Waals surface area contributed by atoms with Crippen molar-refractivity contribution in [2.24, 2.45) is 0 Å². The van der Waals surface area contributed by atoms with Crippen molar-refractivity contribution in [1.29, 1.82) is 0 Å².